The van der Waals surface area contributed by atoms with Crippen LogP contribution < -0.4 is 0 Å². The van der Waals surface area contributed by atoms with E-state index in [9.17, 15) is 4.79 Å². The molecule has 0 aromatic carbocycles. The van der Waals surface area contributed by atoms with Crippen molar-refractivity contribution in [1.82, 2.24) is 9.88 Å². The number of carbonyl (C=O) groups is 1. The van der Waals surface area contributed by atoms with E-state index < -0.39 is 0 Å². The standard InChI is InChI=1S/C17H19ClN2O/c18-16-5-9(3-4-19-16)17(21)20-7-14-10-1-2-11(15(14)8-20)13-6-12(10)13/h3-5,10-15H,1-2,6-8H2. The quantitative estimate of drug-likeness (QED) is 0.747. The van der Waals surface area contributed by atoms with Gasteiger partial charge >= 0.3 is 0 Å². The molecule has 1 amide bonds. The second-order valence-corrected chi connectivity index (χ2v) is 7.76. The van der Waals surface area contributed by atoms with Gasteiger partial charge in [-0.3, -0.25) is 4.79 Å². The van der Waals surface area contributed by atoms with Crippen LogP contribution in [0.5, 0.6) is 0 Å². The van der Waals surface area contributed by atoms with Gasteiger partial charge in [0.2, 0.25) is 0 Å². The van der Waals surface area contributed by atoms with E-state index in [1.807, 2.05) is 0 Å². The highest BCUT2D eigenvalue weighted by Gasteiger charge is 2.63. The topological polar surface area (TPSA) is 33.2 Å². The summed E-state index contributed by atoms with van der Waals surface area (Å²) in [4.78, 5) is 18.8. The molecule has 2 bridgehead atoms. The summed E-state index contributed by atoms with van der Waals surface area (Å²) in [7, 11) is 0. The molecule has 5 fully saturated rings. The van der Waals surface area contributed by atoms with E-state index in [4.69, 9.17) is 11.6 Å². The van der Waals surface area contributed by atoms with E-state index >= 15 is 0 Å². The Balaban J connectivity index is 1.40. The van der Waals surface area contributed by atoms with Crippen molar-refractivity contribution >= 4 is 17.5 Å². The monoisotopic (exact) mass is 302 g/mol. The number of hydrogen-bond acceptors (Lipinski definition) is 2. The molecule has 0 N–H and O–H groups in total. The lowest BCUT2D eigenvalue weighted by Crippen LogP contribution is -2.40. The molecule has 1 saturated heterocycles. The summed E-state index contributed by atoms with van der Waals surface area (Å²) in [5.74, 6) is 5.52. The van der Waals surface area contributed by atoms with Gasteiger partial charge in [0.25, 0.3) is 5.91 Å². The average molecular weight is 303 g/mol. The van der Waals surface area contributed by atoms with E-state index in [1.54, 1.807) is 18.3 Å². The number of likely N-dealkylation sites (tertiary alicyclic amines) is 1. The van der Waals surface area contributed by atoms with Crippen LogP contribution in [0.1, 0.15) is 29.6 Å². The van der Waals surface area contributed by atoms with Gasteiger partial charge in [0.1, 0.15) is 5.15 Å². The molecule has 110 valence electrons. The Bertz CT molecular complexity index is 595. The van der Waals surface area contributed by atoms with Crippen LogP contribution in [0, 0.1) is 35.5 Å². The normalized spacial score (nSPS) is 42.6. The third kappa shape index (κ3) is 1.73. The SMILES string of the molecule is O=C(c1ccnc(Cl)c1)N1CC2C3CCC(C4CC34)C2C1. The predicted octanol–water partition coefficient (Wildman–Crippen LogP) is 3.10. The maximum absolute atomic E-state index is 12.7. The van der Waals surface area contributed by atoms with Crippen LogP contribution in [-0.2, 0) is 0 Å². The fourth-order valence-corrected chi connectivity index (χ4v) is 5.91. The Kier molecular flexibility index (Phi) is 2.50. The number of aromatic nitrogens is 1. The summed E-state index contributed by atoms with van der Waals surface area (Å²) in [5, 5.41) is 0.402. The van der Waals surface area contributed by atoms with E-state index in [1.165, 1.54) is 19.3 Å². The van der Waals surface area contributed by atoms with Crippen molar-refractivity contribution in [1.29, 1.82) is 0 Å². The van der Waals surface area contributed by atoms with Crippen molar-refractivity contribution in [2.75, 3.05) is 13.1 Å². The van der Waals surface area contributed by atoms with Crippen LogP contribution >= 0.6 is 11.6 Å². The van der Waals surface area contributed by atoms with Crippen molar-refractivity contribution in [3.8, 4) is 0 Å². The van der Waals surface area contributed by atoms with Crippen LogP contribution in [0.15, 0.2) is 18.3 Å². The first-order valence-electron chi connectivity index (χ1n) is 8.13. The third-order valence-corrected chi connectivity index (χ3v) is 6.80. The highest BCUT2D eigenvalue weighted by atomic mass is 35.5. The van der Waals surface area contributed by atoms with Crippen molar-refractivity contribution in [2.24, 2.45) is 35.5 Å². The molecular weight excluding hydrogens is 284 g/mol. The molecule has 2 heterocycles. The maximum atomic E-state index is 12.7. The minimum Gasteiger partial charge on any atom is -0.338 e. The molecule has 1 aromatic heterocycles. The van der Waals surface area contributed by atoms with E-state index in [0.717, 1.165) is 48.6 Å². The molecule has 4 saturated carbocycles. The van der Waals surface area contributed by atoms with Gasteiger partial charge in [0, 0.05) is 24.8 Å². The maximum Gasteiger partial charge on any atom is 0.254 e. The molecule has 4 heteroatoms. The molecule has 6 rings (SSSR count). The molecule has 0 radical (unpaired) electrons. The first-order valence-corrected chi connectivity index (χ1v) is 8.51. The van der Waals surface area contributed by atoms with Crippen LogP contribution in [0.4, 0.5) is 0 Å². The lowest BCUT2D eigenvalue weighted by atomic mass is 9.60. The Morgan fingerprint density at radius 1 is 1.10 bits per heavy atom. The summed E-state index contributed by atoms with van der Waals surface area (Å²) in [6.07, 6.45) is 5.93. The number of carbonyl (C=O) groups excluding carboxylic acids is 1. The van der Waals surface area contributed by atoms with Crippen LogP contribution in [0.25, 0.3) is 0 Å². The smallest absolute Gasteiger partial charge is 0.254 e. The molecule has 3 nitrogen and oxygen atoms in total. The third-order valence-electron chi connectivity index (χ3n) is 6.60. The summed E-state index contributed by atoms with van der Waals surface area (Å²) in [5.41, 5.74) is 0.686. The number of rotatable bonds is 1. The molecule has 1 aliphatic heterocycles. The molecule has 6 unspecified atom stereocenters. The first-order chi connectivity index (χ1) is 10.2. The Labute approximate surface area is 129 Å². The fourth-order valence-electron chi connectivity index (χ4n) is 5.74. The molecular formula is C17H19ClN2O. The zero-order valence-corrected chi connectivity index (χ0v) is 12.7. The summed E-state index contributed by atoms with van der Waals surface area (Å²) < 4.78 is 0. The summed E-state index contributed by atoms with van der Waals surface area (Å²) >= 11 is 5.92. The van der Waals surface area contributed by atoms with E-state index in [-0.39, 0.29) is 5.91 Å². The second kappa shape index (κ2) is 4.22. The highest BCUT2D eigenvalue weighted by molar-refractivity contribution is 6.29. The average Bonchev–Trinajstić information content (AvgIpc) is 3.19. The van der Waals surface area contributed by atoms with Gasteiger partial charge in [-0.15, -0.1) is 0 Å². The number of nitrogens with zero attached hydrogens (tertiary/aromatic N) is 2. The summed E-state index contributed by atoms with van der Waals surface area (Å²) in [6.45, 7) is 1.93. The molecule has 6 atom stereocenters. The van der Waals surface area contributed by atoms with Gasteiger partial charge < -0.3 is 4.90 Å². The van der Waals surface area contributed by atoms with Crippen molar-refractivity contribution in [2.45, 2.75) is 19.3 Å². The molecule has 1 aromatic rings. The Morgan fingerprint density at radius 3 is 2.38 bits per heavy atom. The largest absolute Gasteiger partial charge is 0.338 e. The van der Waals surface area contributed by atoms with Crippen molar-refractivity contribution in [3.05, 3.63) is 29.0 Å². The predicted molar refractivity (Wildman–Crippen MR) is 79.9 cm³/mol. The summed E-state index contributed by atoms with van der Waals surface area (Å²) in [6, 6.07) is 3.47. The Morgan fingerprint density at radius 2 is 1.76 bits per heavy atom. The number of amides is 1. The van der Waals surface area contributed by atoms with E-state index in [2.05, 4.69) is 9.88 Å². The highest BCUT2D eigenvalue weighted by Crippen LogP contribution is 2.67. The van der Waals surface area contributed by atoms with Crippen LogP contribution in [0.2, 0.25) is 5.15 Å². The van der Waals surface area contributed by atoms with Gasteiger partial charge in [0.05, 0.1) is 0 Å². The van der Waals surface area contributed by atoms with Gasteiger partial charge in [0.15, 0.2) is 0 Å². The van der Waals surface area contributed by atoms with Crippen molar-refractivity contribution < 1.29 is 4.79 Å². The zero-order valence-electron chi connectivity index (χ0n) is 11.9. The Hall–Kier alpha value is -1.09. The second-order valence-electron chi connectivity index (χ2n) is 7.37. The van der Waals surface area contributed by atoms with Gasteiger partial charge in [-0.25, -0.2) is 4.98 Å². The lowest BCUT2D eigenvalue weighted by Gasteiger charge is -2.44. The lowest BCUT2D eigenvalue weighted by molar-refractivity contribution is 0.0464. The van der Waals surface area contributed by atoms with E-state index in [0.29, 0.717) is 10.7 Å². The molecule has 4 aliphatic carbocycles. The number of hydrogen-bond donors (Lipinski definition) is 0. The first kappa shape index (κ1) is 12.5. The van der Waals surface area contributed by atoms with Crippen LogP contribution in [0.3, 0.4) is 0 Å². The zero-order chi connectivity index (χ0) is 14.1. The van der Waals surface area contributed by atoms with Gasteiger partial charge in [-0.1, -0.05) is 11.6 Å². The molecule has 5 aliphatic rings. The number of fused-ring (bicyclic) bond motifs is 1. The van der Waals surface area contributed by atoms with Crippen molar-refractivity contribution in [3.63, 3.8) is 0 Å². The fraction of sp³-hybridized carbons (Fsp3) is 0.647. The molecule has 21 heavy (non-hydrogen) atoms. The minimum absolute atomic E-state index is 0.141. The number of pyridine rings is 1. The minimum atomic E-state index is 0.141. The van der Waals surface area contributed by atoms with Gasteiger partial charge in [-0.2, -0.15) is 0 Å². The number of halogens is 1. The van der Waals surface area contributed by atoms with Crippen LogP contribution in [-0.4, -0.2) is 28.9 Å². The molecule has 0 spiro atoms. The van der Waals surface area contributed by atoms with Gasteiger partial charge in [-0.05, 0) is 66.9 Å².